The van der Waals surface area contributed by atoms with Gasteiger partial charge in [0.15, 0.2) is 0 Å². The van der Waals surface area contributed by atoms with Crippen LogP contribution in [0.15, 0.2) is 78.9 Å². The van der Waals surface area contributed by atoms with E-state index >= 15 is 0 Å². The van der Waals surface area contributed by atoms with Gasteiger partial charge >= 0.3 is 0 Å². The topological polar surface area (TPSA) is 62.1 Å². The minimum atomic E-state index is -0.305. The molecule has 0 fully saturated rings. The molecular weight excluding hydrogens is 324 g/mol. The van der Waals surface area contributed by atoms with E-state index in [1.54, 1.807) is 31.4 Å². The van der Waals surface area contributed by atoms with Gasteiger partial charge in [-0.3, -0.25) is 4.79 Å². The summed E-state index contributed by atoms with van der Waals surface area (Å²) in [6, 6.07) is 25.8. The Hall–Kier alpha value is -3.58. The first-order chi connectivity index (χ1) is 12.7. The summed E-state index contributed by atoms with van der Waals surface area (Å²) in [6.07, 6.45) is 0. The fraction of sp³-hybridized carbons (Fsp3) is 0.0909. The fourth-order valence-electron chi connectivity index (χ4n) is 2.75. The molecule has 0 unspecified atom stereocenters. The van der Waals surface area contributed by atoms with Crippen molar-refractivity contribution >= 4 is 5.91 Å². The average Bonchev–Trinajstić information content (AvgIpc) is 2.72. The van der Waals surface area contributed by atoms with E-state index in [0.717, 1.165) is 16.9 Å². The molecule has 1 atom stereocenters. The standard InChI is InChI=1S/C22H18N2O2/c1-26-20-12-10-18(11-13-20)21(17-7-3-2-4-8-17)24-22(25)19-9-5-6-16(14-19)15-23/h2-14,21H,1H3,(H,24,25)/t21-/m0/s1. The van der Waals surface area contributed by atoms with Crippen molar-refractivity contribution in [2.24, 2.45) is 0 Å². The number of nitriles is 1. The van der Waals surface area contributed by atoms with Crippen LogP contribution in [-0.2, 0) is 0 Å². The zero-order chi connectivity index (χ0) is 18.4. The maximum atomic E-state index is 12.7. The number of nitrogens with zero attached hydrogens (tertiary/aromatic N) is 1. The third-order valence-electron chi connectivity index (χ3n) is 4.11. The molecule has 1 amide bonds. The third-order valence-corrected chi connectivity index (χ3v) is 4.11. The van der Waals surface area contributed by atoms with Gasteiger partial charge in [-0.1, -0.05) is 48.5 Å². The van der Waals surface area contributed by atoms with E-state index in [1.807, 2.05) is 54.6 Å². The lowest BCUT2D eigenvalue weighted by Gasteiger charge is -2.20. The van der Waals surface area contributed by atoms with Gasteiger partial charge in [-0.15, -0.1) is 0 Å². The summed E-state index contributed by atoms with van der Waals surface area (Å²) in [4.78, 5) is 12.7. The smallest absolute Gasteiger partial charge is 0.252 e. The molecule has 0 bridgehead atoms. The zero-order valence-electron chi connectivity index (χ0n) is 14.3. The van der Waals surface area contributed by atoms with Crippen molar-refractivity contribution in [3.8, 4) is 11.8 Å². The Morgan fingerprint density at radius 3 is 2.31 bits per heavy atom. The van der Waals surface area contributed by atoms with Crippen molar-refractivity contribution < 1.29 is 9.53 Å². The van der Waals surface area contributed by atoms with Gasteiger partial charge in [-0.2, -0.15) is 5.26 Å². The van der Waals surface area contributed by atoms with Gasteiger partial charge in [0, 0.05) is 5.56 Å². The Morgan fingerprint density at radius 1 is 0.962 bits per heavy atom. The molecule has 128 valence electrons. The van der Waals surface area contributed by atoms with Gasteiger partial charge in [-0.05, 0) is 41.5 Å². The van der Waals surface area contributed by atoms with E-state index in [4.69, 9.17) is 10.00 Å². The number of benzene rings is 3. The number of rotatable bonds is 5. The molecule has 0 aliphatic carbocycles. The minimum absolute atomic E-state index is 0.230. The molecule has 4 heteroatoms. The zero-order valence-corrected chi connectivity index (χ0v) is 14.3. The Morgan fingerprint density at radius 2 is 1.65 bits per heavy atom. The SMILES string of the molecule is COc1ccc([C@@H](NC(=O)c2cccc(C#N)c2)c2ccccc2)cc1. The maximum absolute atomic E-state index is 12.7. The molecular formula is C22H18N2O2. The number of amides is 1. The first kappa shape index (κ1) is 17.2. The predicted octanol–water partition coefficient (Wildman–Crippen LogP) is 4.09. The first-order valence-electron chi connectivity index (χ1n) is 8.21. The van der Waals surface area contributed by atoms with E-state index < -0.39 is 0 Å². The monoisotopic (exact) mass is 342 g/mol. The highest BCUT2D eigenvalue weighted by atomic mass is 16.5. The summed E-state index contributed by atoms with van der Waals surface area (Å²) in [5, 5.41) is 12.1. The van der Waals surface area contributed by atoms with E-state index in [0.29, 0.717) is 11.1 Å². The molecule has 0 aromatic heterocycles. The van der Waals surface area contributed by atoms with Crippen molar-refractivity contribution in [3.05, 3.63) is 101 Å². The number of ether oxygens (including phenoxy) is 1. The molecule has 0 aliphatic rings. The molecule has 0 saturated heterocycles. The number of nitrogens with one attached hydrogen (secondary N) is 1. The Labute approximate surface area is 152 Å². The van der Waals surface area contributed by atoms with E-state index in [2.05, 4.69) is 11.4 Å². The normalized spacial score (nSPS) is 11.2. The number of methoxy groups -OCH3 is 1. The minimum Gasteiger partial charge on any atom is -0.497 e. The van der Waals surface area contributed by atoms with Gasteiger partial charge in [0.1, 0.15) is 5.75 Å². The van der Waals surface area contributed by atoms with Crippen LogP contribution < -0.4 is 10.1 Å². The highest BCUT2D eigenvalue weighted by molar-refractivity contribution is 5.95. The summed E-state index contributed by atoms with van der Waals surface area (Å²) in [5.41, 5.74) is 2.83. The molecule has 0 radical (unpaired) electrons. The molecule has 0 spiro atoms. The Balaban J connectivity index is 1.93. The van der Waals surface area contributed by atoms with Crippen LogP contribution in [0, 0.1) is 11.3 Å². The fourth-order valence-corrected chi connectivity index (χ4v) is 2.75. The summed E-state index contributed by atoms with van der Waals surface area (Å²) >= 11 is 0. The summed E-state index contributed by atoms with van der Waals surface area (Å²) < 4.78 is 5.21. The summed E-state index contributed by atoms with van der Waals surface area (Å²) in [7, 11) is 1.62. The number of hydrogen-bond acceptors (Lipinski definition) is 3. The van der Waals surface area contributed by atoms with Crippen molar-refractivity contribution in [1.82, 2.24) is 5.32 Å². The molecule has 0 aliphatic heterocycles. The second-order valence-electron chi connectivity index (χ2n) is 5.78. The number of carbonyl (C=O) groups is 1. The molecule has 3 aromatic carbocycles. The maximum Gasteiger partial charge on any atom is 0.252 e. The van der Waals surface area contributed by atoms with Crippen molar-refractivity contribution in [1.29, 1.82) is 5.26 Å². The largest absolute Gasteiger partial charge is 0.497 e. The lowest BCUT2D eigenvalue weighted by molar-refractivity contribution is 0.0943. The molecule has 0 heterocycles. The van der Waals surface area contributed by atoms with Crippen LogP contribution in [0.4, 0.5) is 0 Å². The van der Waals surface area contributed by atoms with Crippen LogP contribution in [0.5, 0.6) is 5.75 Å². The van der Waals surface area contributed by atoms with Crippen molar-refractivity contribution in [2.75, 3.05) is 7.11 Å². The lowest BCUT2D eigenvalue weighted by Crippen LogP contribution is -2.29. The molecule has 1 N–H and O–H groups in total. The van der Waals surface area contributed by atoms with Crippen LogP contribution in [0.1, 0.15) is 33.1 Å². The van der Waals surface area contributed by atoms with Crippen LogP contribution in [0.2, 0.25) is 0 Å². The quantitative estimate of drug-likeness (QED) is 0.760. The lowest BCUT2D eigenvalue weighted by atomic mass is 9.98. The first-order valence-corrected chi connectivity index (χ1v) is 8.21. The van der Waals surface area contributed by atoms with Crippen molar-refractivity contribution in [3.63, 3.8) is 0 Å². The Kier molecular flexibility index (Phi) is 5.31. The highest BCUT2D eigenvalue weighted by Crippen LogP contribution is 2.24. The molecule has 3 aromatic rings. The highest BCUT2D eigenvalue weighted by Gasteiger charge is 2.18. The number of hydrogen-bond donors (Lipinski definition) is 1. The number of carbonyl (C=O) groups excluding carboxylic acids is 1. The van der Waals surface area contributed by atoms with E-state index in [-0.39, 0.29) is 11.9 Å². The van der Waals surface area contributed by atoms with Crippen LogP contribution >= 0.6 is 0 Å². The molecule has 0 saturated carbocycles. The van der Waals surface area contributed by atoms with Gasteiger partial charge in [0.2, 0.25) is 0 Å². The molecule has 4 nitrogen and oxygen atoms in total. The van der Waals surface area contributed by atoms with Crippen LogP contribution in [0.3, 0.4) is 0 Å². The summed E-state index contributed by atoms with van der Waals surface area (Å²) in [6.45, 7) is 0. The van der Waals surface area contributed by atoms with Crippen LogP contribution in [0.25, 0.3) is 0 Å². The molecule has 3 rings (SSSR count). The second-order valence-corrected chi connectivity index (χ2v) is 5.78. The second kappa shape index (κ2) is 8.00. The van der Waals surface area contributed by atoms with Crippen LogP contribution in [-0.4, -0.2) is 13.0 Å². The van der Waals surface area contributed by atoms with Gasteiger partial charge in [-0.25, -0.2) is 0 Å². The molecule has 26 heavy (non-hydrogen) atoms. The van der Waals surface area contributed by atoms with Gasteiger partial charge < -0.3 is 10.1 Å². The third kappa shape index (κ3) is 3.90. The van der Waals surface area contributed by atoms with E-state index in [1.165, 1.54) is 0 Å². The van der Waals surface area contributed by atoms with Gasteiger partial charge in [0.25, 0.3) is 5.91 Å². The van der Waals surface area contributed by atoms with E-state index in [9.17, 15) is 4.79 Å². The Bertz CT molecular complexity index is 928. The van der Waals surface area contributed by atoms with Crippen molar-refractivity contribution in [2.45, 2.75) is 6.04 Å². The predicted molar refractivity (Wildman–Crippen MR) is 99.9 cm³/mol. The average molecular weight is 342 g/mol. The van der Waals surface area contributed by atoms with Gasteiger partial charge in [0.05, 0.1) is 24.8 Å². The summed E-state index contributed by atoms with van der Waals surface area (Å²) in [5.74, 6) is 0.528.